The number of nitrogens with two attached hydrogens (primary N) is 1. The van der Waals surface area contributed by atoms with E-state index in [0.717, 1.165) is 11.1 Å². The minimum Gasteiger partial charge on any atom is -0.324 e. The molecule has 14 heavy (non-hydrogen) atoms. The van der Waals surface area contributed by atoms with E-state index in [1.807, 2.05) is 13.0 Å². The molecular formula is C9H11N5. The summed E-state index contributed by atoms with van der Waals surface area (Å²) in [5, 5.41) is 6.83. The van der Waals surface area contributed by atoms with Crippen LogP contribution >= 0.6 is 0 Å². The number of aryl methyl sites for hydroxylation is 1. The lowest BCUT2D eigenvalue weighted by molar-refractivity contribution is 0.917. The highest BCUT2D eigenvalue weighted by Gasteiger charge is 2.06. The Morgan fingerprint density at radius 1 is 1.50 bits per heavy atom. The first-order valence-corrected chi connectivity index (χ1v) is 4.33. The molecule has 2 heterocycles. The van der Waals surface area contributed by atoms with E-state index in [-0.39, 0.29) is 0 Å². The van der Waals surface area contributed by atoms with Gasteiger partial charge in [-0.3, -0.25) is 10.1 Å². The predicted molar refractivity (Wildman–Crippen MR) is 52.2 cm³/mol. The van der Waals surface area contributed by atoms with Crippen molar-refractivity contribution in [3.8, 4) is 11.4 Å². The van der Waals surface area contributed by atoms with Crippen LogP contribution in [0.5, 0.6) is 0 Å². The van der Waals surface area contributed by atoms with Gasteiger partial charge in [0.2, 0.25) is 0 Å². The molecule has 0 amide bonds. The van der Waals surface area contributed by atoms with Crippen molar-refractivity contribution in [1.82, 2.24) is 20.2 Å². The van der Waals surface area contributed by atoms with E-state index in [4.69, 9.17) is 5.73 Å². The quantitative estimate of drug-likeness (QED) is 0.726. The van der Waals surface area contributed by atoms with Gasteiger partial charge in [-0.15, -0.1) is 0 Å². The number of aromatic amines is 1. The molecule has 2 aromatic rings. The largest absolute Gasteiger partial charge is 0.324 e. The topological polar surface area (TPSA) is 80.5 Å². The SMILES string of the molecule is Cc1ccncc1-c1n[nH]c(CN)n1. The molecule has 0 saturated heterocycles. The molecule has 0 aliphatic heterocycles. The number of pyridine rings is 1. The lowest BCUT2D eigenvalue weighted by Crippen LogP contribution is -1.98. The number of hydrogen-bond acceptors (Lipinski definition) is 4. The summed E-state index contributed by atoms with van der Waals surface area (Å²) in [6.45, 7) is 2.36. The molecule has 5 nitrogen and oxygen atoms in total. The van der Waals surface area contributed by atoms with Gasteiger partial charge in [-0.05, 0) is 18.6 Å². The lowest BCUT2D eigenvalue weighted by Gasteiger charge is -1.97. The molecule has 0 atom stereocenters. The first-order chi connectivity index (χ1) is 6.81. The van der Waals surface area contributed by atoms with E-state index < -0.39 is 0 Å². The van der Waals surface area contributed by atoms with Crippen molar-refractivity contribution in [3.05, 3.63) is 29.8 Å². The van der Waals surface area contributed by atoms with Crippen LogP contribution in [-0.2, 0) is 6.54 Å². The zero-order valence-electron chi connectivity index (χ0n) is 7.86. The summed E-state index contributed by atoms with van der Waals surface area (Å²) in [4.78, 5) is 8.26. The normalized spacial score (nSPS) is 10.4. The zero-order chi connectivity index (χ0) is 9.97. The number of nitrogens with one attached hydrogen (secondary N) is 1. The molecule has 0 aromatic carbocycles. The molecule has 0 aliphatic rings. The highest BCUT2D eigenvalue weighted by molar-refractivity contribution is 5.57. The minimum absolute atomic E-state index is 0.367. The second-order valence-corrected chi connectivity index (χ2v) is 3.00. The summed E-state index contributed by atoms with van der Waals surface area (Å²) in [5.74, 6) is 1.33. The Labute approximate surface area is 81.4 Å². The van der Waals surface area contributed by atoms with Crippen LogP contribution in [0.1, 0.15) is 11.4 Å². The molecule has 5 heteroatoms. The van der Waals surface area contributed by atoms with Crippen LogP contribution in [0.15, 0.2) is 18.5 Å². The monoisotopic (exact) mass is 189 g/mol. The van der Waals surface area contributed by atoms with E-state index in [9.17, 15) is 0 Å². The third-order valence-electron chi connectivity index (χ3n) is 2.01. The van der Waals surface area contributed by atoms with Crippen molar-refractivity contribution in [2.75, 3.05) is 0 Å². The highest BCUT2D eigenvalue weighted by atomic mass is 15.2. The Bertz CT molecular complexity index is 434. The zero-order valence-corrected chi connectivity index (χ0v) is 7.86. The Morgan fingerprint density at radius 3 is 3.00 bits per heavy atom. The number of rotatable bonds is 2. The van der Waals surface area contributed by atoms with Gasteiger partial charge >= 0.3 is 0 Å². The van der Waals surface area contributed by atoms with Crippen LogP contribution < -0.4 is 5.73 Å². The van der Waals surface area contributed by atoms with Crippen LogP contribution in [0.4, 0.5) is 0 Å². The maximum Gasteiger partial charge on any atom is 0.183 e. The van der Waals surface area contributed by atoms with E-state index in [0.29, 0.717) is 18.2 Å². The smallest absolute Gasteiger partial charge is 0.183 e. The molecule has 0 fully saturated rings. The van der Waals surface area contributed by atoms with E-state index >= 15 is 0 Å². The van der Waals surface area contributed by atoms with Gasteiger partial charge in [-0.25, -0.2) is 4.98 Å². The minimum atomic E-state index is 0.367. The summed E-state index contributed by atoms with van der Waals surface area (Å²) >= 11 is 0. The van der Waals surface area contributed by atoms with Gasteiger partial charge in [0, 0.05) is 18.0 Å². The van der Waals surface area contributed by atoms with Crippen LogP contribution in [0, 0.1) is 6.92 Å². The summed E-state index contributed by atoms with van der Waals surface area (Å²) in [6.07, 6.45) is 3.49. The molecule has 0 radical (unpaired) electrons. The molecule has 3 N–H and O–H groups in total. The maximum atomic E-state index is 5.43. The van der Waals surface area contributed by atoms with Crippen LogP contribution in [0.3, 0.4) is 0 Å². The van der Waals surface area contributed by atoms with Crippen molar-refractivity contribution in [2.24, 2.45) is 5.73 Å². The van der Waals surface area contributed by atoms with Crippen LogP contribution in [0.25, 0.3) is 11.4 Å². The van der Waals surface area contributed by atoms with Crippen molar-refractivity contribution >= 4 is 0 Å². The van der Waals surface area contributed by atoms with Crippen LogP contribution in [-0.4, -0.2) is 20.2 Å². The number of nitrogens with zero attached hydrogens (tertiary/aromatic N) is 3. The second-order valence-electron chi connectivity index (χ2n) is 3.00. The third-order valence-corrected chi connectivity index (χ3v) is 2.01. The fourth-order valence-corrected chi connectivity index (χ4v) is 1.21. The molecule has 0 unspecified atom stereocenters. The van der Waals surface area contributed by atoms with E-state index in [1.54, 1.807) is 12.4 Å². The maximum absolute atomic E-state index is 5.43. The molecule has 0 bridgehead atoms. The average molecular weight is 189 g/mol. The van der Waals surface area contributed by atoms with Crippen molar-refractivity contribution in [1.29, 1.82) is 0 Å². The summed E-state index contributed by atoms with van der Waals surface area (Å²) < 4.78 is 0. The van der Waals surface area contributed by atoms with Crippen molar-refractivity contribution < 1.29 is 0 Å². The van der Waals surface area contributed by atoms with Crippen molar-refractivity contribution in [3.63, 3.8) is 0 Å². The molecule has 0 saturated carbocycles. The number of hydrogen-bond donors (Lipinski definition) is 2. The van der Waals surface area contributed by atoms with E-state index in [2.05, 4.69) is 20.2 Å². The van der Waals surface area contributed by atoms with Gasteiger partial charge in [0.05, 0.1) is 6.54 Å². The summed E-state index contributed by atoms with van der Waals surface area (Å²) in [5.41, 5.74) is 7.46. The van der Waals surface area contributed by atoms with Gasteiger partial charge in [0.1, 0.15) is 5.82 Å². The molecule has 0 spiro atoms. The summed E-state index contributed by atoms with van der Waals surface area (Å²) in [7, 11) is 0. The fraction of sp³-hybridized carbons (Fsp3) is 0.222. The van der Waals surface area contributed by atoms with Gasteiger partial charge in [0.15, 0.2) is 5.82 Å². The highest BCUT2D eigenvalue weighted by Crippen LogP contribution is 2.17. The van der Waals surface area contributed by atoms with Crippen LogP contribution in [0.2, 0.25) is 0 Å². The number of aromatic nitrogens is 4. The molecule has 72 valence electrons. The predicted octanol–water partition coefficient (Wildman–Crippen LogP) is 0.634. The average Bonchev–Trinajstić information content (AvgIpc) is 2.67. The van der Waals surface area contributed by atoms with Gasteiger partial charge in [-0.1, -0.05) is 0 Å². The first-order valence-electron chi connectivity index (χ1n) is 4.33. The summed E-state index contributed by atoms with van der Waals surface area (Å²) in [6, 6.07) is 1.92. The number of H-pyrrole nitrogens is 1. The Balaban J connectivity index is 2.44. The molecule has 2 aromatic heterocycles. The van der Waals surface area contributed by atoms with Gasteiger partial charge < -0.3 is 5.73 Å². The fourth-order valence-electron chi connectivity index (χ4n) is 1.21. The van der Waals surface area contributed by atoms with Crippen molar-refractivity contribution in [2.45, 2.75) is 13.5 Å². The second kappa shape index (κ2) is 3.55. The molecule has 0 aliphatic carbocycles. The molecule has 2 rings (SSSR count). The Hall–Kier alpha value is -1.75. The first kappa shape index (κ1) is 8.83. The standard InChI is InChI=1S/C9H11N5/c1-6-2-3-11-5-7(6)9-12-8(4-10)13-14-9/h2-3,5H,4,10H2,1H3,(H,12,13,14). The lowest BCUT2D eigenvalue weighted by atomic mass is 10.1. The van der Waals surface area contributed by atoms with Gasteiger partial charge in [-0.2, -0.15) is 5.10 Å². The Morgan fingerprint density at radius 2 is 2.36 bits per heavy atom. The third kappa shape index (κ3) is 1.49. The Kier molecular flexibility index (Phi) is 2.24. The molecular weight excluding hydrogens is 178 g/mol. The van der Waals surface area contributed by atoms with E-state index in [1.165, 1.54) is 0 Å². The van der Waals surface area contributed by atoms with Gasteiger partial charge in [0.25, 0.3) is 0 Å².